The van der Waals surface area contributed by atoms with Crippen molar-refractivity contribution in [3.8, 4) is 5.69 Å². The van der Waals surface area contributed by atoms with Gasteiger partial charge in [0.25, 0.3) is 5.91 Å². The molecule has 1 aromatic heterocycles. The Bertz CT molecular complexity index is 1210. The van der Waals surface area contributed by atoms with Crippen LogP contribution in [0.2, 0.25) is 5.02 Å². The topological polar surface area (TPSA) is 25.2 Å². The quantitative estimate of drug-likeness (QED) is 0.324. The molecule has 0 unspecified atom stereocenters. The van der Waals surface area contributed by atoms with Crippen LogP contribution in [-0.4, -0.2) is 14.8 Å². The van der Waals surface area contributed by atoms with Gasteiger partial charge in [-0.2, -0.15) is 0 Å². The number of aromatic nitrogens is 1. The number of nitrogens with zero attached hydrogens (tertiary/aromatic N) is 2. The van der Waals surface area contributed by atoms with Gasteiger partial charge in [0.05, 0.1) is 10.6 Å². The van der Waals surface area contributed by atoms with E-state index in [-0.39, 0.29) is 5.91 Å². The number of anilines is 1. The van der Waals surface area contributed by atoms with Gasteiger partial charge in [-0.25, -0.2) is 0 Å². The number of aryl methyl sites for hydroxylation is 3. The van der Waals surface area contributed by atoms with Gasteiger partial charge >= 0.3 is 0 Å². The van der Waals surface area contributed by atoms with Crippen molar-refractivity contribution in [3.05, 3.63) is 86.5 Å². The number of thioether (sulfide) groups is 1. The first kappa shape index (κ1) is 20.9. The smallest absolute Gasteiger partial charge is 0.270 e. The molecule has 0 bridgehead atoms. The Morgan fingerprint density at radius 1 is 0.933 bits per heavy atom. The second-order valence-electron chi connectivity index (χ2n) is 7.42. The van der Waals surface area contributed by atoms with E-state index >= 15 is 0 Å². The van der Waals surface area contributed by atoms with Crippen LogP contribution in [0.1, 0.15) is 28.1 Å². The largest absolute Gasteiger partial charge is 0.318 e. The average molecular weight is 453 g/mol. The fourth-order valence-corrected chi connectivity index (χ4v) is 5.03. The molecule has 0 aliphatic carbocycles. The van der Waals surface area contributed by atoms with E-state index in [0.717, 1.165) is 33.9 Å². The van der Waals surface area contributed by atoms with E-state index in [9.17, 15) is 4.79 Å². The number of rotatable bonds is 3. The highest BCUT2D eigenvalue weighted by atomic mass is 35.5. The lowest BCUT2D eigenvalue weighted by Crippen LogP contribution is -2.27. The number of benzene rings is 2. The van der Waals surface area contributed by atoms with Crippen LogP contribution in [0.25, 0.3) is 11.8 Å². The van der Waals surface area contributed by atoms with Crippen LogP contribution in [0.5, 0.6) is 0 Å². The second-order valence-corrected chi connectivity index (χ2v) is 9.54. The zero-order valence-corrected chi connectivity index (χ0v) is 19.6. The summed E-state index contributed by atoms with van der Waals surface area (Å²) in [6.45, 7) is 8.20. The van der Waals surface area contributed by atoms with Gasteiger partial charge in [0, 0.05) is 22.1 Å². The number of halogens is 1. The molecule has 30 heavy (non-hydrogen) atoms. The van der Waals surface area contributed by atoms with Gasteiger partial charge in [0.2, 0.25) is 0 Å². The molecule has 0 spiro atoms. The summed E-state index contributed by atoms with van der Waals surface area (Å²) in [6.07, 6.45) is 1.94. The molecule has 3 aromatic rings. The van der Waals surface area contributed by atoms with E-state index in [0.29, 0.717) is 14.2 Å². The van der Waals surface area contributed by atoms with Crippen LogP contribution in [0.3, 0.4) is 0 Å². The lowest BCUT2D eigenvalue weighted by atomic mass is 10.1. The monoisotopic (exact) mass is 452 g/mol. The molecule has 0 atom stereocenters. The molecule has 1 aliphatic heterocycles. The third-order valence-corrected chi connectivity index (χ3v) is 6.94. The van der Waals surface area contributed by atoms with Crippen molar-refractivity contribution < 1.29 is 4.79 Å². The Labute approximate surface area is 191 Å². The van der Waals surface area contributed by atoms with Crippen LogP contribution >= 0.6 is 35.6 Å². The molecule has 1 fully saturated rings. The van der Waals surface area contributed by atoms with Gasteiger partial charge in [0.1, 0.15) is 0 Å². The normalized spacial score (nSPS) is 15.5. The molecular weight excluding hydrogens is 432 g/mol. The van der Waals surface area contributed by atoms with E-state index in [1.54, 1.807) is 4.90 Å². The first-order chi connectivity index (χ1) is 14.3. The molecule has 2 heterocycles. The first-order valence-corrected chi connectivity index (χ1v) is 11.2. The predicted molar refractivity (Wildman–Crippen MR) is 132 cm³/mol. The van der Waals surface area contributed by atoms with Crippen molar-refractivity contribution in [2.24, 2.45) is 0 Å². The van der Waals surface area contributed by atoms with Gasteiger partial charge in [-0.3, -0.25) is 9.69 Å². The van der Waals surface area contributed by atoms with E-state index < -0.39 is 0 Å². The summed E-state index contributed by atoms with van der Waals surface area (Å²) in [6, 6.07) is 15.8. The Kier molecular flexibility index (Phi) is 5.62. The molecule has 1 aliphatic rings. The first-order valence-electron chi connectivity index (χ1n) is 9.56. The minimum atomic E-state index is -0.0791. The highest BCUT2D eigenvalue weighted by Gasteiger charge is 2.33. The molecule has 4 rings (SSSR count). The van der Waals surface area contributed by atoms with Crippen molar-refractivity contribution in [1.29, 1.82) is 0 Å². The molecule has 6 heteroatoms. The van der Waals surface area contributed by atoms with Gasteiger partial charge < -0.3 is 4.57 Å². The zero-order valence-electron chi connectivity index (χ0n) is 17.2. The van der Waals surface area contributed by atoms with Crippen molar-refractivity contribution >= 4 is 57.6 Å². The van der Waals surface area contributed by atoms with E-state index in [4.69, 9.17) is 23.8 Å². The fraction of sp³-hybridized carbons (Fsp3) is 0.167. The van der Waals surface area contributed by atoms with Gasteiger partial charge in [-0.1, -0.05) is 41.6 Å². The lowest BCUT2D eigenvalue weighted by Gasteiger charge is -2.15. The molecule has 1 amide bonds. The summed E-state index contributed by atoms with van der Waals surface area (Å²) < 4.78 is 2.72. The van der Waals surface area contributed by atoms with E-state index in [1.165, 1.54) is 17.3 Å². The van der Waals surface area contributed by atoms with Crippen molar-refractivity contribution in [3.63, 3.8) is 0 Å². The summed E-state index contributed by atoms with van der Waals surface area (Å²) in [7, 11) is 0. The van der Waals surface area contributed by atoms with Crippen LogP contribution in [-0.2, 0) is 4.79 Å². The van der Waals surface area contributed by atoms with E-state index in [2.05, 4.69) is 31.4 Å². The van der Waals surface area contributed by atoms with Gasteiger partial charge in [-0.15, -0.1) is 0 Å². The van der Waals surface area contributed by atoms with Crippen LogP contribution in [0, 0.1) is 27.7 Å². The van der Waals surface area contributed by atoms with Crippen molar-refractivity contribution in [2.45, 2.75) is 27.7 Å². The molecule has 2 aromatic carbocycles. The fourth-order valence-electron chi connectivity index (χ4n) is 3.62. The van der Waals surface area contributed by atoms with Gasteiger partial charge in [0.15, 0.2) is 4.32 Å². The molecule has 0 saturated carbocycles. The zero-order chi connectivity index (χ0) is 21.6. The molecular formula is C24H21ClN2OS2. The number of carbonyl (C=O) groups excluding carboxylic acids is 1. The number of thiocarbonyl (C=S) groups is 1. The molecule has 152 valence electrons. The number of amides is 1. The Balaban J connectivity index is 1.70. The SMILES string of the molecule is Cc1ccc(N2C(=O)C(=Cc3cc(C)n(-c4ccc(Cl)cc4)c3C)SC2=S)cc1C. The van der Waals surface area contributed by atoms with Gasteiger partial charge in [-0.05, 0) is 92.9 Å². The van der Waals surface area contributed by atoms with Crippen molar-refractivity contribution in [1.82, 2.24) is 4.57 Å². The minimum Gasteiger partial charge on any atom is -0.318 e. The summed E-state index contributed by atoms with van der Waals surface area (Å²) in [5.74, 6) is -0.0791. The summed E-state index contributed by atoms with van der Waals surface area (Å²) in [4.78, 5) is 15.4. The Morgan fingerprint density at radius 2 is 1.60 bits per heavy atom. The molecule has 0 N–H and O–H groups in total. The number of hydrogen-bond acceptors (Lipinski definition) is 3. The maximum absolute atomic E-state index is 13.2. The third-order valence-electron chi connectivity index (χ3n) is 5.38. The minimum absolute atomic E-state index is 0.0791. The van der Waals surface area contributed by atoms with Crippen LogP contribution < -0.4 is 4.90 Å². The highest BCUT2D eigenvalue weighted by Crippen LogP contribution is 2.37. The molecule has 0 radical (unpaired) electrons. The maximum atomic E-state index is 13.2. The predicted octanol–water partition coefficient (Wildman–Crippen LogP) is 6.77. The lowest BCUT2D eigenvalue weighted by molar-refractivity contribution is -0.113. The standard InChI is InChI=1S/C24H21ClN2OS2/c1-14-5-8-21(11-15(14)2)27-23(28)22(30-24(27)29)13-18-12-16(3)26(17(18)4)20-9-6-19(25)7-10-20/h5-13H,1-4H3. The summed E-state index contributed by atoms with van der Waals surface area (Å²) in [5.41, 5.74) is 7.33. The van der Waals surface area contributed by atoms with Crippen LogP contribution in [0.4, 0.5) is 5.69 Å². The number of carbonyl (C=O) groups is 1. The maximum Gasteiger partial charge on any atom is 0.270 e. The average Bonchev–Trinajstić information content (AvgIpc) is 3.13. The summed E-state index contributed by atoms with van der Waals surface area (Å²) >= 11 is 12.9. The number of hydrogen-bond donors (Lipinski definition) is 0. The third kappa shape index (κ3) is 3.73. The second kappa shape index (κ2) is 8.06. The van der Waals surface area contributed by atoms with E-state index in [1.807, 2.05) is 55.5 Å². The molecule has 1 saturated heterocycles. The molecule has 3 nitrogen and oxygen atoms in total. The van der Waals surface area contributed by atoms with Crippen LogP contribution in [0.15, 0.2) is 53.4 Å². The highest BCUT2D eigenvalue weighted by molar-refractivity contribution is 8.27. The Morgan fingerprint density at radius 3 is 2.27 bits per heavy atom. The Hall–Kier alpha value is -2.34. The van der Waals surface area contributed by atoms with Crippen molar-refractivity contribution in [2.75, 3.05) is 4.90 Å². The summed E-state index contributed by atoms with van der Waals surface area (Å²) in [5, 5.41) is 0.705.